The lowest BCUT2D eigenvalue weighted by atomic mass is 10.1. The molecular formula is C8H10ClN3O2S. The number of aromatic nitrogens is 2. The van der Waals surface area contributed by atoms with Gasteiger partial charge in [-0.2, -0.15) is 0 Å². The van der Waals surface area contributed by atoms with E-state index in [-0.39, 0.29) is 22.5 Å². The smallest absolute Gasteiger partial charge is 0.282 e. The third kappa shape index (κ3) is 2.45. The monoisotopic (exact) mass is 247 g/mol. The Morgan fingerprint density at radius 1 is 1.67 bits per heavy atom. The van der Waals surface area contributed by atoms with Crippen molar-refractivity contribution in [3.63, 3.8) is 0 Å². The molecular weight excluding hydrogens is 238 g/mol. The zero-order valence-electron chi connectivity index (χ0n) is 8.07. The highest BCUT2D eigenvalue weighted by molar-refractivity contribution is 7.17. The van der Waals surface area contributed by atoms with E-state index in [1.54, 1.807) is 0 Å². The quantitative estimate of drug-likeness (QED) is 0.850. The minimum atomic E-state index is -0.234. The second kappa shape index (κ2) is 4.42. The Morgan fingerprint density at radius 3 is 3.00 bits per heavy atom. The Bertz CT molecular complexity index is 371. The number of nitrogens with one attached hydrogen (secondary N) is 1. The number of nitrogens with zero attached hydrogens (tertiary/aromatic N) is 2. The Morgan fingerprint density at radius 2 is 2.47 bits per heavy atom. The number of rotatable bonds is 2. The van der Waals surface area contributed by atoms with Crippen LogP contribution in [-0.2, 0) is 4.74 Å². The predicted molar refractivity (Wildman–Crippen MR) is 56.2 cm³/mol. The summed E-state index contributed by atoms with van der Waals surface area (Å²) in [6.45, 7) is 2.62. The first-order valence-corrected chi connectivity index (χ1v) is 5.78. The largest absolute Gasteiger partial charge is 0.376 e. The van der Waals surface area contributed by atoms with Gasteiger partial charge in [-0.15, -0.1) is 10.2 Å². The summed E-state index contributed by atoms with van der Waals surface area (Å²) in [6.07, 6.45) is 0.886. The fraction of sp³-hybridized carbons (Fsp3) is 0.625. The standard InChI is InChI=1S/C8H10ClN3O2S/c1-4-5(2-3-14-4)10-6(13)7-11-12-8(9)15-7/h4-5H,2-3H2,1H3,(H,10,13). The van der Waals surface area contributed by atoms with Crippen LogP contribution in [0.5, 0.6) is 0 Å². The number of ether oxygens (including phenoxy) is 1. The lowest BCUT2D eigenvalue weighted by molar-refractivity contribution is 0.0865. The molecule has 15 heavy (non-hydrogen) atoms. The van der Waals surface area contributed by atoms with Crippen LogP contribution >= 0.6 is 22.9 Å². The van der Waals surface area contributed by atoms with E-state index in [1.807, 2.05) is 6.92 Å². The van der Waals surface area contributed by atoms with Gasteiger partial charge in [-0.3, -0.25) is 4.79 Å². The molecule has 2 unspecified atom stereocenters. The van der Waals surface area contributed by atoms with Gasteiger partial charge >= 0.3 is 0 Å². The number of carbonyl (C=O) groups excluding carboxylic acids is 1. The molecule has 1 aliphatic rings. The molecule has 1 aromatic rings. The van der Waals surface area contributed by atoms with E-state index in [9.17, 15) is 4.79 Å². The number of hydrogen-bond donors (Lipinski definition) is 1. The molecule has 2 rings (SSSR count). The van der Waals surface area contributed by atoms with Crippen molar-refractivity contribution in [1.29, 1.82) is 0 Å². The van der Waals surface area contributed by atoms with E-state index < -0.39 is 0 Å². The molecule has 7 heteroatoms. The number of hydrogen-bond acceptors (Lipinski definition) is 5. The maximum atomic E-state index is 11.6. The summed E-state index contributed by atoms with van der Waals surface area (Å²) in [7, 11) is 0. The molecule has 0 radical (unpaired) electrons. The first-order valence-electron chi connectivity index (χ1n) is 4.58. The highest BCUT2D eigenvalue weighted by Gasteiger charge is 2.27. The predicted octanol–water partition coefficient (Wildman–Crippen LogP) is 1.10. The van der Waals surface area contributed by atoms with Crippen molar-refractivity contribution in [2.45, 2.75) is 25.5 Å². The van der Waals surface area contributed by atoms with Gasteiger partial charge in [0, 0.05) is 6.61 Å². The van der Waals surface area contributed by atoms with Crippen LogP contribution in [0, 0.1) is 0 Å². The molecule has 0 aliphatic carbocycles. The topological polar surface area (TPSA) is 64.1 Å². The van der Waals surface area contributed by atoms with Gasteiger partial charge in [0.05, 0.1) is 12.1 Å². The zero-order chi connectivity index (χ0) is 10.8. The SMILES string of the molecule is CC1OCCC1NC(=O)c1nnc(Cl)s1. The molecule has 2 atom stereocenters. The summed E-state index contributed by atoms with van der Waals surface area (Å²) < 4.78 is 5.61. The van der Waals surface area contributed by atoms with E-state index >= 15 is 0 Å². The normalized spacial score (nSPS) is 25.5. The van der Waals surface area contributed by atoms with Crippen molar-refractivity contribution in [2.24, 2.45) is 0 Å². The molecule has 0 aromatic carbocycles. The van der Waals surface area contributed by atoms with Gasteiger partial charge in [-0.1, -0.05) is 11.3 Å². The van der Waals surface area contributed by atoms with Crippen LogP contribution in [-0.4, -0.2) is 34.9 Å². The van der Waals surface area contributed by atoms with Crippen LogP contribution in [0.15, 0.2) is 0 Å². The highest BCUT2D eigenvalue weighted by Crippen LogP contribution is 2.17. The summed E-state index contributed by atoms with van der Waals surface area (Å²) in [5.74, 6) is -0.234. The third-order valence-corrected chi connectivity index (χ3v) is 3.30. The average Bonchev–Trinajstić information content (AvgIpc) is 2.77. The van der Waals surface area contributed by atoms with Gasteiger partial charge < -0.3 is 10.1 Å². The van der Waals surface area contributed by atoms with Gasteiger partial charge in [0.2, 0.25) is 9.47 Å². The van der Waals surface area contributed by atoms with Crippen LogP contribution in [0.25, 0.3) is 0 Å². The summed E-state index contributed by atoms with van der Waals surface area (Å²) in [6, 6.07) is 0.0557. The Kier molecular flexibility index (Phi) is 3.18. The number of carbonyl (C=O) groups is 1. The molecule has 1 amide bonds. The Labute approximate surface area is 95.8 Å². The fourth-order valence-corrected chi connectivity index (χ4v) is 2.18. The number of amides is 1. The third-order valence-electron chi connectivity index (χ3n) is 2.29. The second-order valence-electron chi connectivity index (χ2n) is 3.30. The number of halogens is 1. The minimum absolute atomic E-state index is 0.0531. The van der Waals surface area contributed by atoms with Crippen molar-refractivity contribution in [3.05, 3.63) is 9.47 Å². The summed E-state index contributed by atoms with van der Waals surface area (Å²) in [5.41, 5.74) is 0. The van der Waals surface area contributed by atoms with Gasteiger partial charge in [0.15, 0.2) is 0 Å². The molecule has 1 saturated heterocycles. The minimum Gasteiger partial charge on any atom is -0.376 e. The molecule has 0 saturated carbocycles. The Balaban J connectivity index is 1.97. The van der Waals surface area contributed by atoms with E-state index in [0.717, 1.165) is 17.8 Å². The van der Waals surface area contributed by atoms with Crippen molar-refractivity contribution in [1.82, 2.24) is 15.5 Å². The van der Waals surface area contributed by atoms with Gasteiger partial charge in [0.25, 0.3) is 5.91 Å². The summed E-state index contributed by atoms with van der Waals surface area (Å²) in [4.78, 5) is 11.6. The maximum Gasteiger partial charge on any atom is 0.282 e. The maximum absolute atomic E-state index is 11.6. The summed E-state index contributed by atoms with van der Waals surface area (Å²) in [5, 5.41) is 10.4. The molecule has 1 fully saturated rings. The van der Waals surface area contributed by atoms with Crippen molar-refractivity contribution < 1.29 is 9.53 Å². The van der Waals surface area contributed by atoms with E-state index in [4.69, 9.17) is 16.3 Å². The molecule has 1 N–H and O–H groups in total. The van der Waals surface area contributed by atoms with Gasteiger partial charge in [-0.05, 0) is 24.9 Å². The first kappa shape index (κ1) is 10.8. The zero-order valence-corrected chi connectivity index (χ0v) is 9.64. The van der Waals surface area contributed by atoms with Crippen molar-refractivity contribution >= 4 is 28.8 Å². The lowest BCUT2D eigenvalue weighted by Crippen LogP contribution is -2.39. The lowest BCUT2D eigenvalue weighted by Gasteiger charge is -2.14. The summed E-state index contributed by atoms with van der Waals surface area (Å²) >= 11 is 6.66. The molecule has 82 valence electrons. The van der Waals surface area contributed by atoms with E-state index in [1.165, 1.54) is 0 Å². The van der Waals surface area contributed by atoms with Gasteiger partial charge in [-0.25, -0.2) is 0 Å². The Hall–Kier alpha value is -0.720. The second-order valence-corrected chi connectivity index (χ2v) is 4.86. The molecule has 5 nitrogen and oxygen atoms in total. The van der Waals surface area contributed by atoms with Crippen molar-refractivity contribution in [2.75, 3.05) is 6.61 Å². The molecule has 1 aromatic heterocycles. The first-order chi connectivity index (χ1) is 7.16. The van der Waals surface area contributed by atoms with Crippen molar-refractivity contribution in [3.8, 4) is 0 Å². The molecule has 0 spiro atoms. The molecule has 0 bridgehead atoms. The van der Waals surface area contributed by atoms with Crippen LogP contribution in [0.1, 0.15) is 23.1 Å². The van der Waals surface area contributed by atoms with E-state index in [0.29, 0.717) is 11.6 Å². The van der Waals surface area contributed by atoms with Crippen LogP contribution in [0.3, 0.4) is 0 Å². The van der Waals surface area contributed by atoms with E-state index in [2.05, 4.69) is 15.5 Å². The van der Waals surface area contributed by atoms with Crippen LogP contribution < -0.4 is 5.32 Å². The molecule has 1 aliphatic heterocycles. The van der Waals surface area contributed by atoms with Crippen LogP contribution in [0.2, 0.25) is 4.47 Å². The fourth-order valence-electron chi connectivity index (χ4n) is 1.45. The average molecular weight is 248 g/mol. The molecule has 2 heterocycles. The van der Waals surface area contributed by atoms with Gasteiger partial charge in [0.1, 0.15) is 0 Å². The van der Waals surface area contributed by atoms with Crippen LogP contribution in [0.4, 0.5) is 0 Å². The highest BCUT2D eigenvalue weighted by atomic mass is 35.5.